The Bertz CT molecular complexity index is 462. The number of hydrogen-bond acceptors (Lipinski definition) is 4. The molecule has 0 saturated carbocycles. The SMILES string of the molecule is CN(C)S(=O)(=O)CCNC(=O)CCN1CCCCCC1=O. The Labute approximate surface area is 126 Å². The third kappa shape index (κ3) is 6.43. The predicted octanol–water partition coefficient (Wildman–Crippen LogP) is -0.213. The van der Waals surface area contributed by atoms with Gasteiger partial charge in [-0.15, -0.1) is 0 Å². The van der Waals surface area contributed by atoms with E-state index in [4.69, 9.17) is 0 Å². The molecule has 8 heteroatoms. The Morgan fingerprint density at radius 3 is 2.67 bits per heavy atom. The van der Waals surface area contributed by atoms with Crippen LogP contribution >= 0.6 is 0 Å². The zero-order valence-electron chi connectivity index (χ0n) is 12.8. The van der Waals surface area contributed by atoms with Gasteiger partial charge in [0.2, 0.25) is 21.8 Å². The fraction of sp³-hybridized carbons (Fsp3) is 0.846. The zero-order valence-corrected chi connectivity index (χ0v) is 13.6. The van der Waals surface area contributed by atoms with E-state index < -0.39 is 10.0 Å². The minimum atomic E-state index is -3.29. The Morgan fingerprint density at radius 2 is 2.00 bits per heavy atom. The summed E-state index contributed by atoms with van der Waals surface area (Å²) in [4.78, 5) is 25.2. The topological polar surface area (TPSA) is 86.8 Å². The molecule has 1 heterocycles. The molecule has 0 aliphatic carbocycles. The number of nitrogens with one attached hydrogen (secondary N) is 1. The van der Waals surface area contributed by atoms with E-state index in [-0.39, 0.29) is 30.5 Å². The molecule has 21 heavy (non-hydrogen) atoms. The van der Waals surface area contributed by atoms with Crippen molar-refractivity contribution in [3.05, 3.63) is 0 Å². The standard InChI is InChI=1S/C13H25N3O4S/c1-15(2)21(19,20)11-8-14-12(17)7-10-16-9-5-3-4-6-13(16)18/h3-11H2,1-2H3,(H,14,17). The molecular weight excluding hydrogens is 294 g/mol. The minimum absolute atomic E-state index is 0.0906. The molecule has 1 N–H and O–H groups in total. The van der Waals surface area contributed by atoms with Gasteiger partial charge in [-0.2, -0.15) is 0 Å². The van der Waals surface area contributed by atoms with Crippen molar-refractivity contribution in [2.24, 2.45) is 0 Å². The van der Waals surface area contributed by atoms with Gasteiger partial charge < -0.3 is 10.2 Å². The van der Waals surface area contributed by atoms with Crippen LogP contribution in [0.2, 0.25) is 0 Å². The molecule has 0 radical (unpaired) electrons. The smallest absolute Gasteiger partial charge is 0.222 e. The lowest BCUT2D eigenvalue weighted by Gasteiger charge is -2.20. The molecule has 0 spiro atoms. The van der Waals surface area contributed by atoms with Gasteiger partial charge in [-0.1, -0.05) is 6.42 Å². The second-order valence-electron chi connectivity index (χ2n) is 5.39. The second-order valence-corrected chi connectivity index (χ2v) is 7.69. The summed E-state index contributed by atoms with van der Waals surface area (Å²) in [6, 6.07) is 0. The van der Waals surface area contributed by atoms with Gasteiger partial charge >= 0.3 is 0 Å². The first-order chi connectivity index (χ1) is 9.83. The molecule has 0 bridgehead atoms. The molecule has 1 aliphatic heterocycles. The first kappa shape index (κ1) is 17.9. The molecule has 0 aromatic carbocycles. The number of carbonyl (C=O) groups excluding carboxylic acids is 2. The van der Waals surface area contributed by atoms with Crippen molar-refractivity contribution >= 4 is 21.8 Å². The van der Waals surface area contributed by atoms with Crippen molar-refractivity contribution in [2.75, 3.05) is 39.5 Å². The molecule has 0 unspecified atom stereocenters. The van der Waals surface area contributed by atoms with Gasteiger partial charge in [0.25, 0.3) is 0 Å². The summed E-state index contributed by atoms with van der Waals surface area (Å²) in [5.41, 5.74) is 0. The van der Waals surface area contributed by atoms with E-state index in [1.807, 2.05) is 0 Å². The molecule has 2 amide bonds. The largest absolute Gasteiger partial charge is 0.355 e. The van der Waals surface area contributed by atoms with Crippen LogP contribution in [-0.2, 0) is 19.6 Å². The molecule has 7 nitrogen and oxygen atoms in total. The van der Waals surface area contributed by atoms with Crippen LogP contribution in [0.5, 0.6) is 0 Å². The average molecular weight is 319 g/mol. The summed E-state index contributed by atoms with van der Waals surface area (Å²) in [5.74, 6) is -0.231. The van der Waals surface area contributed by atoms with Crippen molar-refractivity contribution in [1.82, 2.24) is 14.5 Å². The average Bonchev–Trinajstić information content (AvgIpc) is 2.60. The summed E-state index contributed by atoms with van der Waals surface area (Å²) in [5, 5.41) is 2.58. The van der Waals surface area contributed by atoms with Crippen LogP contribution in [-0.4, -0.2) is 68.9 Å². The predicted molar refractivity (Wildman–Crippen MR) is 80.1 cm³/mol. The Kier molecular flexibility index (Phi) is 7.10. The Morgan fingerprint density at radius 1 is 1.29 bits per heavy atom. The molecule has 122 valence electrons. The van der Waals surface area contributed by atoms with Gasteiger partial charge in [0.1, 0.15) is 0 Å². The molecule has 1 saturated heterocycles. The van der Waals surface area contributed by atoms with E-state index in [0.717, 1.165) is 23.6 Å². The fourth-order valence-corrected chi connectivity index (χ4v) is 2.83. The summed E-state index contributed by atoms with van der Waals surface area (Å²) < 4.78 is 24.2. The normalized spacial score (nSPS) is 16.9. The zero-order chi connectivity index (χ0) is 15.9. The number of nitrogens with zero attached hydrogens (tertiary/aromatic N) is 2. The first-order valence-electron chi connectivity index (χ1n) is 7.27. The highest BCUT2D eigenvalue weighted by Crippen LogP contribution is 2.11. The lowest BCUT2D eigenvalue weighted by Crippen LogP contribution is -2.37. The van der Waals surface area contributed by atoms with Gasteiger partial charge in [-0.25, -0.2) is 12.7 Å². The highest BCUT2D eigenvalue weighted by Gasteiger charge is 2.18. The molecule has 1 aliphatic rings. The van der Waals surface area contributed by atoms with Gasteiger partial charge in [-0.05, 0) is 12.8 Å². The molecular formula is C13H25N3O4S. The Hall–Kier alpha value is -1.15. The maximum Gasteiger partial charge on any atom is 0.222 e. The number of carbonyl (C=O) groups is 2. The van der Waals surface area contributed by atoms with E-state index in [0.29, 0.717) is 19.5 Å². The molecule has 0 aromatic rings. The quantitative estimate of drug-likeness (QED) is 0.703. The van der Waals surface area contributed by atoms with Crippen LogP contribution in [0.1, 0.15) is 32.1 Å². The van der Waals surface area contributed by atoms with Crippen LogP contribution in [0.4, 0.5) is 0 Å². The van der Waals surface area contributed by atoms with Crippen molar-refractivity contribution in [3.8, 4) is 0 Å². The maximum atomic E-state index is 11.8. The van der Waals surface area contributed by atoms with Crippen LogP contribution in [0.3, 0.4) is 0 Å². The number of hydrogen-bond donors (Lipinski definition) is 1. The van der Waals surface area contributed by atoms with Crippen molar-refractivity contribution < 1.29 is 18.0 Å². The van der Waals surface area contributed by atoms with Crippen molar-refractivity contribution in [2.45, 2.75) is 32.1 Å². The fourth-order valence-electron chi connectivity index (χ4n) is 2.10. The van der Waals surface area contributed by atoms with E-state index in [9.17, 15) is 18.0 Å². The third-order valence-electron chi connectivity index (χ3n) is 3.52. The van der Waals surface area contributed by atoms with Gasteiger partial charge in [-0.3, -0.25) is 9.59 Å². The third-order valence-corrected chi connectivity index (χ3v) is 5.35. The number of amides is 2. The first-order valence-corrected chi connectivity index (χ1v) is 8.88. The van der Waals surface area contributed by atoms with Crippen molar-refractivity contribution in [1.29, 1.82) is 0 Å². The summed E-state index contributed by atoms with van der Waals surface area (Å²) in [6.45, 7) is 1.21. The van der Waals surface area contributed by atoms with Gasteiger partial charge in [0.05, 0.1) is 5.75 Å². The second kappa shape index (κ2) is 8.33. The van der Waals surface area contributed by atoms with Gasteiger partial charge in [0.15, 0.2) is 0 Å². The van der Waals surface area contributed by atoms with E-state index >= 15 is 0 Å². The number of rotatable bonds is 7. The monoisotopic (exact) mass is 319 g/mol. The van der Waals surface area contributed by atoms with Crippen LogP contribution < -0.4 is 5.32 Å². The molecule has 0 aromatic heterocycles. The van der Waals surface area contributed by atoms with Crippen LogP contribution in [0.25, 0.3) is 0 Å². The van der Waals surface area contributed by atoms with Crippen LogP contribution in [0, 0.1) is 0 Å². The van der Waals surface area contributed by atoms with E-state index in [1.165, 1.54) is 14.1 Å². The molecule has 1 rings (SSSR count). The summed E-state index contributed by atoms with van der Waals surface area (Å²) in [6.07, 6.45) is 3.73. The Balaban J connectivity index is 2.26. The summed E-state index contributed by atoms with van der Waals surface area (Å²) in [7, 11) is -0.368. The molecule has 1 fully saturated rings. The number of sulfonamides is 1. The van der Waals surface area contributed by atoms with E-state index in [1.54, 1.807) is 4.90 Å². The maximum absolute atomic E-state index is 11.8. The van der Waals surface area contributed by atoms with Crippen LogP contribution in [0.15, 0.2) is 0 Å². The lowest BCUT2D eigenvalue weighted by molar-refractivity contribution is -0.131. The van der Waals surface area contributed by atoms with E-state index in [2.05, 4.69) is 5.32 Å². The summed E-state index contributed by atoms with van der Waals surface area (Å²) >= 11 is 0. The lowest BCUT2D eigenvalue weighted by atomic mass is 10.2. The highest BCUT2D eigenvalue weighted by atomic mass is 32.2. The highest BCUT2D eigenvalue weighted by molar-refractivity contribution is 7.89. The minimum Gasteiger partial charge on any atom is -0.355 e. The van der Waals surface area contributed by atoms with Gasteiger partial charge in [0, 0.05) is 46.6 Å². The molecule has 0 atom stereocenters. The van der Waals surface area contributed by atoms with Crippen molar-refractivity contribution in [3.63, 3.8) is 0 Å². The number of likely N-dealkylation sites (tertiary alicyclic amines) is 1.